The first-order valence-corrected chi connectivity index (χ1v) is 6.63. The Hall–Kier alpha value is -0.300. The first kappa shape index (κ1) is 14.7. The molecule has 0 aliphatic carbocycles. The quantitative estimate of drug-likeness (QED) is 0.419. The summed E-state index contributed by atoms with van der Waals surface area (Å²) in [4.78, 5) is 0. The number of hydrogen-bond acceptors (Lipinski definition) is 1. The van der Waals surface area contributed by atoms with Crippen molar-refractivity contribution in [2.45, 2.75) is 71.6 Å². The summed E-state index contributed by atoms with van der Waals surface area (Å²) in [6.45, 7) is 4.71. The van der Waals surface area contributed by atoms with Crippen LogP contribution in [0, 0.1) is 0 Å². The van der Waals surface area contributed by atoms with Crippen LogP contribution < -0.4 is 0 Å². The SMILES string of the molecule is CCCCCC/C=C(/CO)CCCCC. The normalized spacial score (nSPS) is 12.1. The van der Waals surface area contributed by atoms with Crippen molar-refractivity contribution in [2.75, 3.05) is 6.61 Å². The van der Waals surface area contributed by atoms with Crippen molar-refractivity contribution in [3.63, 3.8) is 0 Å². The molecule has 1 N–H and O–H groups in total. The summed E-state index contributed by atoms with van der Waals surface area (Å²) in [6.07, 6.45) is 13.5. The predicted octanol–water partition coefficient (Wildman–Crippen LogP) is 4.46. The molecular formula is C14H28O. The Morgan fingerprint density at radius 3 is 2.20 bits per heavy atom. The number of hydrogen-bond donors (Lipinski definition) is 1. The first-order valence-electron chi connectivity index (χ1n) is 6.63. The van der Waals surface area contributed by atoms with Gasteiger partial charge in [0.05, 0.1) is 6.61 Å². The Labute approximate surface area is 95.6 Å². The van der Waals surface area contributed by atoms with E-state index in [1.54, 1.807) is 0 Å². The molecule has 0 aromatic rings. The van der Waals surface area contributed by atoms with Gasteiger partial charge in [0.25, 0.3) is 0 Å². The van der Waals surface area contributed by atoms with E-state index in [0.717, 1.165) is 12.8 Å². The molecule has 1 heteroatoms. The van der Waals surface area contributed by atoms with E-state index in [9.17, 15) is 0 Å². The van der Waals surface area contributed by atoms with E-state index >= 15 is 0 Å². The molecular weight excluding hydrogens is 184 g/mol. The average molecular weight is 212 g/mol. The van der Waals surface area contributed by atoms with Gasteiger partial charge in [-0.25, -0.2) is 0 Å². The zero-order valence-electron chi connectivity index (χ0n) is 10.6. The van der Waals surface area contributed by atoms with E-state index < -0.39 is 0 Å². The molecule has 15 heavy (non-hydrogen) atoms. The third kappa shape index (κ3) is 9.99. The van der Waals surface area contributed by atoms with Crippen LogP contribution in [-0.4, -0.2) is 11.7 Å². The maximum absolute atomic E-state index is 9.16. The molecule has 0 unspecified atom stereocenters. The minimum atomic E-state index is 0.261. The highest BCUT2D eigenvalue weighted by atomic mass is 16.3. The van der Waals surface area contributed by atoms with Gasteiger partial charge in [0, 0.05) is 0 Å². The highest BCUT2D eigenvalue weighted by Crippen LogP contribution is 2.11. The molecule has 0 amide bonds. The van der Waals surface area contributed by atoms with Crippen LogP contribution >= 0.6 is 0 Å². The predicted molar refractivity (Wildman–Crippen MR) is 68.1 cm³/mol. The van der Waals surface area contributed by atoms with Crippen LogP contribution in [0.4, 0.5) is 0 Å². The fourth-order valence-corrected chi connectivity index (χ4v) is 1.73. The largest absolute Gasteiger partial charge is 0.392 e. The van der Waals surface area contributed by atoms with E-state index in [0.29, 0.717) is 0 Å². The van der Waals surface area contributed by atoms with Crippen molar-refractivity contribution in [1.82, 2.24) is 0 Å². The molecule has 0 heterocycles. The van der Waals surface area contributed by atoms with E-state index in [-0.39, 0.29) is 6.61 Å². The van der Waals surface area contributed by atoms with Gasteiger partial charge in [-0.15, -0.1) is 0 Å². The molecule has 90 valence electrons. The van der Waals surface area contributed by atoms with Gasteiger partial charge in [0.15, 0.2) is 0 Å². The van der Waals surface area contributed by atoms with Gasteiger partial charge in [-0.3, -0.25) is 0 Å². The van der Waals surface area contributed by atoms with Gasteiger partial charge in [-0.05, 0) is 31.3 Å². The summed E-state index contributed by atoms with van der Waals surface area (Å²) in [7, 11) is 0. The van der Waals surface area contributed by atoms with Gasteiger partial charge in [-0.2, -0.15) is 0 Å². The molecule has 0 spiro atoms. The van der Waals surface area contributed by atoms with Crippen LogP contribution in [0.1, 0.15) is 71.6 Å². The van der Waals surface area contributed by atoms with Gasteiger partial charge in [-0.1, -0.05) is 52.0 Å². The summed E-state index contributed by atoms with van der Waals surface area (Å²) in [6, 6.07) is 0. The van der Waals surface area contributed by atoms with Crippen LogP contribution in [0.5, 0.6) is 0 Å². The molecule has 0 bridgehead atoms. The zero-order chi connectivity index (χ0) is 11.4. The van der Waals surface area contributed by atoms with Crippen LogP contribution in [-0.2, 0) is 0 Å². The van der Waals surface area contributed by atoms with Crippen molar-refractivity contribution in [3.05, 3.63) is 11.6 Å². The summed E-state index contributed by atoms with van der Waals surface area (Å²) in [5, 5.41) is 9.16. The molecule has 0 rings (SSSR count). The van der Waals surface area contributed by atoms with Gasteiger partial charge in [0.2, 0.25) is 0 Å². The molecule has 0 aromatic heterocycles. The molecule has 0 atom stereocenters. The Morgan fingerprint density at radius 2 is 1.60 bits per heavy atom. The molecule has 0 saturated heterocycles. The lowest BCUT2D eigenvalue weighted by molar-refractivity contribution is 0.324. The van der Waals surface area contributed by atoms with Gasteiger partial charge >= 0.3 is 0 Å². The van der Waals surface area contributed by atoms with E-state index in [4.69, 9.17) is 5.11 Å². The second kappa shape index (κ2) is 11.8. The summed E-state index contributed by atoms with van der Waals surface area (Å²) in [5.41, 5.74) is 1.25. The van der Waals surface area contributed by atoms with E-state index in [1.165, 1.54) is 50.5 Å². The third-order valence-corrected chi connectivity index (χ3v) is 2.80. The van der Waals surface area contributed by atoms with E-state index in [2.05, 4.69) is 19.9 Å². The smallest absolute Gasteiger partial charge is 0.0641 e. The van der Waals surface area contributed by atoms with Crippen LogP contribution in [0.3, 0.4) is 0 Å². The van der Waals surface area contributed by atoms with Crippen molar-refractivity contribution in [2.24, 2.45) is 0 Å². The molecule has 0 fully saturated rings. The summed E-state index contributed by atoms with van der Waals surface area (Å²) < 4.78 is 0. The molecule has 0 aliphatic rings. The third-order valence-electron chi connectivity index (χ3n) is 2.80. The first-order chi connectivity index (χ1) is 7.35. The summed E-state index contributed by atoms with van der Waals surface area (Å²) in [5.74, 6) is 0. The highest BCUT2D eigenvalue weighted by Gasteiger charge is 1.95. The molecule has 0 radical (unpaired) electrons. The number of aliphatic hydroxyl groups is 1. The zero-order valence-corrected chi connectivity index (χ0v) is 10.6. The van der Waals surface area contributed by atoms with Crippen molar-refractivity contribution >= 4 is 0 Å². The Bertz CT molecular complexity index is 149. The fraction of sp³-hybridized carbons (Fsp3) is 0.857. The van der Waals surface area contributed by atoms with Crippen LogP contribution in [0.2, 0.25) is 0 Å². The Morgan fingerprint density at radius 1 is 0.933 bits per heavy atom. The standard InChI is InChI=1S/C14H28O/c1-3-5-7-8-10-12-14(13-15)11-9-6-4-2/h12,15H,3-11,13H2,1-2H3/b14-12+. The number of aliphatic hydroxyl groups excluding tert-OH is 1. The lowest BCUT2D eigenvalue weighted by Crippen LogP contribution is -1.91. The summed E-state index contributed by atoms with van der Waals surface area (Å²) >= 11 is 0. The number of allylic oxidation sites excluding steroid dienone is 1. The molecule has 0 aliphatic heterocycles. The monoisotopic (exact) mass is 212 g/mol. The Kier molecular flexibility index (Phi) is 11.5. The molecule has 0 aromatic carbocycles. The molecule has 1 nitrogen and oxygen atoms in total. The number of unbranched alkanes of at least 4 members (excludes halogenated alkanes) is 6. The minimum absolute atomic E-state index is 0.261. The van der Waals surface area contributed by atoms with Crippen molar-refractivity contribution < 1.29 is 5.11 Å². The highest BCUT2D eigenvalue weighted by molar-refractivity contribution is 5.01. The topological polar surface area (TPSA) is 20.2 Å². The van der Waals surface area contributed by atoms with Gasteiger partial charge < -0.3 is 5.11 Å². The average Bonchev–Trinajstić information content (AvgIpc) is 2.26. The fourth-order valence-electron chi connectivity index (χ4n) is 1.73. The lowest BCUT2D eigenvalue weighted by atomic mass is 10.1. The lowest BCUT2D eigenvalue weighted by Gasteiger charge is -2.03. The van der Waals surface area contributed by atoms with Crippen LogP contribution in [0.15, 0.2) is 11.6 Å². The minimum Gasteiger partial charge on any atom is -0.392 e. The maximum atomic E-state index is 9.16. The number of rotatable bonds is 10. The van der Waals surface area contributed by atoms with Gasteiger partial charge in [0.1, 0.15) is 0 Å². The van der Waals surface area contributed by atoms with Crippen molar-refractivity contribution in [1.29, 1.82) is 0 Å². The van der Waals surface area contributed by atoms with Crippen LogP contribution in [0.25, 0.3) is 0 Å². The van der Waals surface area contributed by atoms with Crippen molar-refractivity contribution in [3.8, 4) is 0 Å². The molecule has 0 saturated carbocycles. The second-order valence-corrected chi connectivity index (χ2v) is 4.33. The van der Waals surface area contributed by atoms with E-state index in [1.807, 2.05) is 0 Å². The Balaban J connectivity index is 3.50. The second-order valence-electron chi connectivity index (χ2n) is 4.33. The maximum Gasteiger partial charge on any atom is 0.0641 e.